The predicted octanol–water partition coefficient (Wildman–Crippen LogP) is 5.36. The molecule has 0 radical (unpaired) electrons. The molecule has 25 heavy (non-hydrogen) atoms. The maximum absolute atomic E-state index is 12.6. The van der Waals surface area contributed by atoms with Crippen LogP contribution in [0.1, 0.15) is 45.0 Å². The van der Waals surface area contributed by atoms with E-state index in [1.165, 1.54) is 34.2 Å². The molecule has 1 heteroatoms. The van der Waals surface area contributed by atoms with Gasteiger partial charge in [0, 0.05) is 12.0 Å². The Labute approximate surface area is 148 Å². The molecule has 0 aliphatic heterocycles. The van der Waals surface area contributed by atoms with Gasteiger partial charge in [-0.05, 0) is 58.6 Å². The van der Waals surface area contributed by atoms with Crippen LogP contribution >= 0.6 is 0 Å². The highest BCUT2D eigenvalue weighted by molar-refractivity contribution is 6.07. The molecule has 122 valence electrons. The quantitative estimate of drug-likeness (QED) is 0.588. The summed E-state index contributed by atoms with van der Waals surface area (Å²) < 4.78 is 0. The van der Waals surface area contributed by atoms with Crippen molar-refractivity contribution in [3.63, 3.8) is 0 Å². The number of Topliss-reactive ketones (excluding diaryl/α,β-unsaturated/α-hetero) is 1. The third kappa shape index (κ3) is 2.34. The normalized spacial score (nSPS) is 18.2. The average molecular weight is 324 g/mol. The van der Waals surface area contributed by atoms with Gasteiger partial charge in [0.2, 0.25) is 0 Å². The van der Waals surface area contributed by atoms with Crippen molar-refractivity contribution in [3.05, 3.63) is 94.5 Å². The minimum absolute atomic E-state index is 0.265. The first-order valence-corrected chi connectivity index (χ1v) is 9.12. The standard InChI is InChI=1S/C24H20O/c25-24-15-23-19-12-10-17(16-6-2-1-3-7-16)14-18(19)11-13-21(23)20-8-4-5-9-22(20)24/h1-9,11,13,17H,10,12,14-15H2. The molecule has 2 aliphatic rings. The zero-order chi connectivity index (χ0) is 16.8. The molecule has 0 bridgehead atoms. The second-order valence-corrected chi connectivity index (χ2v) is 7.23. The summed E-state index contributed by atoms with van der Waals surface area (Å²) in [4.78, 5) is 12.6. The van der Waals surface area contributed by atoms with Gasteiger partial charge in [0.1, 0.15) is 0 Å². The van der Waals surface area contributed by atoms with E-state index >= 15 is 0 Å². The predicted molar refractivity (Wildman–Crippen MR) is 101 cm³/mol. The molecule has 0 saturated heterocycles. The third-order valence-electron chi connectivity index (χ3n) is 5.86. The molecule has 3 aromatic carbocycles. The second-order valence-electron chi connectivity index (χ2n) is 7.23. The van der Waals surface area contributed by atoms with Crippen LogP contribution in [-0.4, -0.2) is 5.78 Å². The van der Waals surface area contributed by atoms with Crippen molar-refractivity contribution >= 4 is 5.78 Å². The number of hydrogen-bond donors (Lipinski definition) is 0. The molecule has 0 aromatic heterocycles. The fraction of sp³-hybridized carbons (Fsp3) is 0.208. The fourth-order valence-corrected chi connectivity index (χ4v) is 4.61. The van der Waals surface area contributed by atoms with Crippen molar-refractivity contribution < 1.29 is 4.79 Å². The molecule has 0 fully saturated rings. The Morgan fingerprint density at radius 1 is 0.720 bits per heavy atom. The summed E-state index contributed by atoms with van der Waals surface area (Å²) in [7, 11) is 0. The molecule has 5 rings (SSSR count). The van der Waals surface area contributed by atoms with Crippen LogP contribution in [0.4, 0.5) is 0 Å². The largest absolute Gasteiger partial charge is 0.294 e. The maximum atomic E-state index is 12.6. The lowest BCUT2D eigenvalue weighted by molar-refractivity contribution is 0.0991. The molecule has 0 heterocycles. The first-order chi connectivity index (χ1) is 12.3. The van der Waals surface area contributed by atoms with Crippen molar-refractivity contribution in [2.75, 3.05) is 0 Å². The summed E-state index contributed by atoms with van der Waals surface area (Å²) in [6.07, 6.45) is 3.89. The Hall–Kier alpha value is -2.67. The van der Waals surface area contributed by atoms with Crippen molar-refractivity contribution in [3.8, 4) is 11.1 Å². The van der Waals surface area contributed by atoms with Crippen LogP contribution in [0, 0.1) is 0 Å². The monoisotopic (exact) mass is 324 g/mol. The lowest BCUT2D eigenvalue weighted by Gasteiger charge is -2.30. The number of carbonyl (C=O) groups is 1. The number of hydrogen-bond acceptors (Lipinski definition) is 1. The van der Waals surface area contributed by atoms with Crippen LogP contribution < -0.4 is 0 Å². The Bertz CT molecular complexity index is 969. The van der Waals surface area contributed by atoms with Crippen LogP contribution in [0.3, 0.4) is 0 Å². The summed E-state index contributed by atoms with van der Waals surface area (Å²) >= 11 is 0. The van der Waals surface area contributed by atoms with Crippen molar-refractivity contribution in [2.45, 2.75) is 31.6 Å². The third-order valence-corrected chi connectivity index (χ3v) is 5.86. The summed E-state index contributed by atoms with van der Waals surface area (Å²) in [6.45, 7) is 0. The maximum Gasteiger partial charge on any atom is 0.167 e. The lowest BCUT2D eigenvalue weighted by atomic mass is 9.74. The van der Waals surface area contributed by atoms with Crippen LogP contribution in [0.2, 0.25) is 0 Å². The number of benzene rings is 3. The molecule has 0 N–H and O–H groups in total. The summed E-state index contributed by atoms with van der Waals surface area (Å²) in [5.74, 6) is 0.861. The van der Waals surface area contributed by atoms with E-state index in [4.69, 9.17) is 0 Å². The van der Waals surface area contributed by atoms with Gasteiger partial charge < -0.3 is 0 Å². The van der Waals surface area contributed by atoms with Gasteiger partial charge in [-0.1, -0.05) is 66.7 Å². The van der Waals surface area contributed by atoms with Crippen molar-refractivity contribution in [1.82, 2.24) is 0 Å². The van der Waals surface area contributed by atoms with Gasteiger partial charge in [0.25, 0.3) is 0 Å². The number of rotatable bonds is 1. The van der Waals surface area contributed by atoms with Gasteiger partial charge >= 0.3 is 0 Å². The average Bonchev–Trinajstić information content (AvgIpc) is 2.68. The van der Waals surface area contributed by atoms with Crippen molar-refractivity contribution in [2.24, 2.45) is 0 Å². The van der Waals surface area contributed by atoms with E-state index in [9.17, 15) is 4.79 Å². The summed E-state index contributed by atoms with van der Waals surface area (Å²) in [6, 6.07) is 23.4. The van der Waals surface area contributed by atoms with Gasteiger partial charge in [-0.25, -0.2) is 0 Å². The minimum atomic E-state index is 0.265. The zero-order valence-corrected chi connectivity index (χ0v) is 14.2. The molecule has 1 unspecified atom stereocenters. The number of carbonyl (C=O) groups excluding carboxylic acids is 1. The van der Waals surface area contributed by atoms with Crippen molar-refractivity contribution in [1.29, 1.82) is 0 Å². The molecular formula is C24H20O. The topological polar surface area (TPSA) is 17.1 Å². The van der Waals surface area contributed by atoms with E-state index in [0.717, 1.165) is 24.0 Å². The van der Waals surface area contributed by atoms with E-state index in [2.05, 4.69) is 48.5 Å². The van der Waals surface area contributed by atoms with E-state index in [1.807, 2.05) is 18.2 Å². The number of ketones is 1. The molecule has 3 aromatic rings. The van der Waals surface area contributed by atoms with E-state index in [1.54, 1.807) is 0 Å². The lowest BCUT2D eigenvalue weighted by Crippen LogP contribution is -2.19. The molecular weight excluding hydrogens is 304 g/mol. The molecule has 1 atom stereocenters. The summed E-state index contributed by atoms with van der Waals surface area (Å²) in [5.41, 5.74) is 8.86. The van der Waals surface area contributed by atoms with Gasteiger partial charge in [-0.2, -0.15) is 0 Å². The van der Waals surface area contributed by atoms with Crippen LogP contribution in [0.25, 0.3) is 11.1 Å². The highest BCUT2D eigenvalue weighted by atomic mass is 16.1. The van der Waals surface area contributed by atoms with Gasteiger partial charge in [0.05, 0.1) is 0 Å². The van der Waals surface area contributed by atoms with E-state index < -0.39 is 0 Å². The van der Waals surface area contributed by atoms with Crippen LogP contribution in [0.15, 0.2) is 66.7 Å². The van der Waals surface area contributed by atoms with Gasteiger partial charge in [-0.3, -0.25) is 4.79 Å². The molecule has 0 amide bonds. The van der Waals surface area contributed by atoms with Gasteiger partial charge in [-0.15, -0.1) is 0 Å². The Morgan fingerprint density at radius 2 is 1.48 bits per heavy atom. The van der Waals surface area contributed by atoms with E-state index in [-0.39, 0.29) is 5.78 Å². The summed E-state index contributed by atoms with van der Waals surface area (Å²) in [5, 5.41) is 0. The molecule has 1 nitrogen and oxygen atoms in total. The zero-order valence-electron chi connectivity index (χ0n) is 14.2. The molecule has 0 spiro atoms. The smallest absolute Gasteiger partial charge is 0.167 e. The molecule has 0 saturated carbocycles. The van der Waals surface area contributed by atoms with Crippen LogP contribution in [-0.2, 0) is 19.3 Å². The number of fused-ring (bicyclic) bond motifs is 5. The fourth-order valence-electron chi connectivity index (χ4n) is 4.61. The van der Waals surface area contributed by atoms with Crippen LogP contribution in [0.5, 0.6) is 0 Å². The second kappa shape index (κ2) is 5.70. The molecule has 2 aliphatic carbocycles. The van der Waals surface area contributed by atoms with Gasteiger partial charge in [0.15, 0.2) is 5.78 Å². The first kappa shape index (κ1) is 14.7. The van der Waals surface area contributed by atoms with E-state index in [0.29, 0.717) is 12.3 Å². The minimum Gasteiger partial charge on any atom is -0.294 e. The Kier molecular flexibility index (Phi) is 3.34. The highest BCUT2D eigenvalue weighted by Crippen LogP contribution is 2.41. The highest BCUT2D eigenvalue weighted by Gasteiger charge is 2.28. The SMILES string of the molecule is O=C1Cc2c(ccc3c2CCC(c2ccccc2)C3)-c2ccccc21. The Morgan fingerprint density at radius 3 is 2.32 bits per heavy atom. The Balaban J connectivity index is 1.58. The first-order valence-electron chi connectivity index (χ1n) is 9.12.